The summed E-state index contributed by atoms with van der Waals surface area (Å²) in [6, 6.07) is 42.5. The van der Waals surface area contributed by atoms with Gasteiger partial charge in [0.05, 0.1) is 0 Å². The van der Waals surface area contributed by atoms with Crippen LogP contribution in [0.3, 0.4) is 0 Å². The number of benzene rings is 6. The third kappa shape index (κ3) is 6.89. The minimum atomic E-state index is -5.47. The lowest BCUT2D eigenvalue weighted by Crippen LogP contribution is -2.19. The molecule has 0 unspecified atom stereocenters. The Balaban J connectivity index is 1.78. The van der Waals surface area contributed by atoms with Gasteiger partial charge in [0.1, 0.15) is 27.1 Å². The molecule has 6 aromatic carbocycles. The molecule has 0 aliphatic heterocycles. The Morgan fingerprint density at radius 3 is 0.870 bits per heavy atom. The lowest BCUT2D eigenvalue weighted by Gasteiger charge is -2.32. The van der Waals surface area contributed by atoms with Crippen LogP contribution in [0, 0.1) is 0 Å². The van der Waals surface area contributed by atoms with Crippen molar-refractivity contribution in [3.8, 4) is 67.1 Å². The summed E-state index contributed by atoms with van der Waals surface area (Å²) in [6.07, 6.45) is 0. The number of hydrogen-bond acceptors (Lipinski definition) is 8. The molecule has 0 saturated heterocycles. The number of rotatable bonds is 9. The minimum absolute atomic E-state index is 0.148. The van der Waals surface area contributed by atoms with Gasteiger partial charge in [0.25, 0.3) is 0 Å². The molecule has 0 aliphatic carbocycles. The molecular formula is C36H24O8P2-4. The summed E-state index contributed by atoms with van der Waals surface area (Å²) in [4.78, 5) is 47.8. The van der Waals surface area contributed by atoms with Gasteiger partial charge in [-0.15, -0.1) is 0 Å². The van der Waals surface area contributed by atoms with Crippen molar-refractivity contribution in [1.82, 2.24) is 0 Å². The summed E-state index contributed by atoms with van der Waals surface area (Å²) in [7, 11) is -10.9. The van der Waals surface area contributed by atoms with Gasteiger partial charge in [-0.2, -0.15) is 0 Å². The highest BCUT2D eigenvalue weighted by atomic mass is 31.2. The van der Waals surface area contributed by atoms with E-state index in [1.807, 2.05) is 72.8 Å². The zero-order valence-electron chi connectivity index (χ0n) is 24.0. The normalized spacial score (nSPS) is 11.7. The largest absolute Gasteiger partial charge is 0.780 e. The molecule has 0 bridgehead atoms. The fraction of sp³-hybridized carbons (Fsp3) is 0. The molecule has 0 atom stereocenters. The van der Waals surface area contributed by atoms with Crippen LogP contribution in [-0.2, 0) is 9.13 Å². The summed E-state index contributed by atoms with van der Waals surface area (Å²) in [5.74, 6) is -0.296. The van der Waals surface area contributed by atoms with E-state index in [9.17, 15) is 28.7 Å². The Morgan fingerprint density at radius 1 is 0.348 bits per heavy atom. The van der Waals surface area contributed by atoms with E-state index < -0.39 is 15.6 Å². The Kier molecular flexibility index (Phi) is 8.76. The second kappa shape index (κ2) is 12.9. The van der Waals surface area contributed by atoms with Crippen molar-refractivity contribution in [2.45, 2.75) is 0 Å². The van der Waals surface area contributed by atoms with Gasteiger partial charge in [0, 0.05) is 22.3 Å². The molecule has 0 radical (unpaired) electrons. The van der Waals surface area contributed by atoms with Crippen molar-refractivity contribution in [2.24, 2.45) is 0 Å². The van der Waals surface area contributed by atoms with Crippen molar-refractivity contribution in [3.63, 3.8) is 0 Å². The van der Waals surface area contributed by atoms with Gasteiger partial charge in [-0.1, -0.05) is 121 Å². The molecule has 6 aromatic rings. The Labute approximate surface area is 265 Å². The fourth-order valence-corrected chi connectivity index (χ4v) is 6.39. The van der Waals surface area contributed by atoms with Crippen LogP contribution in [0.5, 0.6) is 11.5 Å². The van der Waals surface area contributed by atoms with Crippen LogP contribution in [0.15, 0.2) is 146 Å². The standard InChI is InChI=1S/C36H28O8P2/c37-45(38,39)43-31-23-21-29(33(25-13-5-1-6-14-25)35(31)27-17-9-3-10-18-27)30-22-24-32(44-46(40,41)42)36(28-19-11-4-12-20-28)34(30)26-15-7-2-8-16-26/h1-24H,(H2,37,38,39)(H2,40,41,42)/p-4. The molecule has 10 heteroatoms. The predicted octanol–water partition coefficient (Wildman–Crippen LogP) is 6.44. The SMILES string of the molecule is O=P([O-])([O-])Oc1ccc(-c2ccc(OP(=O)([O-])[O-])c(-c3ccccc3)c2-c2ccccc2)c(-c2ccccc2)c1-c1ccccc1. The van der Waals surface area contributed by atoms with Gasteiger partial charge in [-0.3, -0.25) is 0 Å². The highest BCUT2D eigenvalue weighted by Gasteiger charge is 2.25. The van der Waals surface area contributed by atoms with E-state index in [4.69, 9.17) is 9.05 Å². The number of phosphoric acid groups is 2. The molecule has 0 amide bonds. The molecule has 8 nitrogen and oxygen atoms in total. The van der Waals surface area contributed by atoms with E-state index in [-0.39, 0.29) is 11.5 Å². The van der Waals surface area contributed by atoms with Crippen LogP contribution in [-0.4, -0.2) is 0 Å². The molecule has 6 rings (SSSR count). The molecule has 0 N–H and O–H groups in total. The van der Waals surface area contributed by atoms with E-state index in [1.54, 1.807) is 60.7 Å². The molecule has 0 spiro atoms. The topological polar surface area (TPSA) is 145 Å². The number of phosphoric ester groups is 2. The maximum Gasteiger partial charge on any atom is 0.132 e. The molecule has 0 fully saturated rings. The van der Waals surface area contributed by atoms with Gasteiger partial charge in [0.15, 0.2) is 0 Å². The van der Waals surface area contributed by atoms with Crippen LogP contribution in [0.2, 0.25) is 0 Å². The van der Waals surface area contributed by atoms with E-state index in [0.29, 0.717) is 55.6 Å². The lowest BCUT2D eigenvalue weighted by atomic mass is 9.82. The maximum atomic E-state index is 11.9. The molecular weight excluding hydrogens is 622 g/mol. The van der Waals surface area contributed by atoms with Crippen molar-refractivity contribution in [1.29, 1.82) is 0 Å². The summed E-state index contributed by atoms with van der Waals surface area (Å²) in [6.45, 7) is 0. The molecule has 0 aliphatic rings. The lowest BCUT2D eigenvalue weighted by molar-refractivity contribution is -0.335. The molecule has 0 saturated carbocycles. The third-order valence-corrected chi connectivity index (χ3v) is 8.14. The highest BCUT2D eigenvalue weighted by Crippen LogP contribution is 2.53. The smallest absolute Gasteiger partial charge is 0.132 e. The first-order chi connectivity index (χ1) is 22.1. The molecule has 0 heterocycles. The average molecular weight is 647 g/mol. The monoisotopic (exact) mass is 646 g/mol. The van der Waals surface area contributed by atoms with Gasteiger partial charge >= 0.3 is 0 Å². The first kappa shape index (κ1) is 31.2. The summed E-state index contributed by atoms with van der Waals surface area (Å²) in [5, 5.41) is 0. The summed E-state index contributed by atoms with van der Waals surface area (Å²) >= 11 is 0. The Bertz CT molecular complexity index is 1920. The predicted molar refractivity (Wildman–Crippen MR) is 170 cm³/mol. The van der Waals surface area contributed by atoms with Gasteiger partial charge in [0.2, 0.25) is 0 Å². The molecule has 46 heavy (non-hydrogen) atoms. The molecule has 230 valence electrons. The van der Waals surface area contributed by atoms with Crippen molar-refractivity contribution in [2.75, 3.05) is 0 Å². The van der Waals surface area contributed by atoms with Crippen molar-refractivity contribution in [3.05, 3.63) is 146 Å². The minimum Gasteiger partial charge on any atom is -0.780 e. The van der Waals surface area contributed by atoms with E-state index in [2.05, 4.69) is 0 Å². The quantitative estimate of drug-likeness (QED) is 0.163. The second-order valence-corrected chi connectivity index (χ2v) is 12.4. The highest BCUT2D eigenvalue weighted by molar-refractivity contribution is 7.43. The molecule has 0 aromatic heterocycles. The fourth-order valence-electron chi connectivity index (χ4n) is 5.60. The van der Waals surface area contributed by atoms with Crippen molar-refractivity contribution >= 4 is 15.6 Å². The van der Waals surface area contributed by atoms with Gasteiger partial charge in [-0.05, 0) is 57.6 Å². The zero-order chi connectivity index (χ0) is 32.3. The van der Waals surface area contributed by atoms with E-state index >= 15 is 0 Å². The second-order valence-electron chi connectivity index (χ2n) is 10.3. The number of hydrogen-bond donors (Lipinski definition) is 0. The first-order valence-corrected chi connectivity index (χ1v) is 17.0. The van der Waals surface area contributed by atoms with Gasteiger partial charge < -0.3 is 37.8 Å². The van der Waals surface area contributed by atoms with Crippen LogP contribution in [0.25, 0.3) is 55.6 Å². The van der Waals surface area contributed by atoms with Crippen LogP contribution >= 0.6 is 15.6 Å². The van der Waals surface area contributed by atoms with Crippen LogP contribution < -0.4 is 28.6 Å². The Morgan fingerprint density at radius 2 is 0.609 bits per heavy atom. The summed E-state index contributed by atoms with van der Waals surface area (Å²) < 4.78 is 34.0. The zero-order valence-corrected chi connectivity index (χ0v) is 25.8. The van der Waals surface area contributed by atoms with Crippen molar-refractivity contribution < 1.29 is 37.8 Å². The van der Waals surface area contributed by atoms with E-state index in [1.165, 1.54) is 12.1 Å². The van der Waals surface area contributed by atoms with Crippen LogP contribution in [0.1, 0.15) is 0 Å². The first-order valence-electron chi connectivity index (χ1n) is 14.1. The average Bonchev–Trinajstić information content (AvgIpc) is 3.04. The Hall–Kier alpha value is -4.78. The van der Waals surface area contributed by atoms with E-state index in [0.717, 1.165) is 0 Å². The summed E-state index contributed by atoms with van der Waals surface area (Å²) in [5.41, 5.74) is 5.63. The third-order valence-electron chi connectivity index (χ3n) is 7.29. The van der Waals surface area contributed by atoms with Gasteiger partial charge in [-0.25, -0.2) is 0 Å². The van der Waals surface area contributed by atoms with Crippen LogP contribution in [0.4, 0.5) is 0 Å². The maximum absolute atomic E-state index is 11.9.